The van der Waals surface area contributed by atoms with Gasteiger partial charge in [0.25, 0.3) is 8.32 Å². The highest BCUT2D eigenvalue weighted by molar-refractivity contribution is 6.99. The molecule has 0 bridgehead atoms. The van der Waals surface area contributed by atoms with E-state index >= 15 is 0 Å². The molecule has 37 heavy (non-hydrogen) atoms. The summed E-state index contributed by atoms with van der Waals surface area (Å²) in [6.07, 6.45) is 3.90. The Kier molecular flexibility index (Phi) is 13.5. The molecule has 206 valence electrons. The Hall–Kier alpha value is -2.03. The summed E-state index contributed by atoms with van der Waals surface area (Å²) in [5, 5.41) is 2.55. The van der Waals surface area contributed by atoms with Gasteiger partial charge in [0.2, 0.25) is 0 Å². The first kappa shape index (κ1) is 31.2. The number of methoxy groups -OCH3 is 2. The van der Waals surface area contributed by atoms with E-state index in [1.165, 1.54) is 17.5 Å². The molecule has 0 aliphatic rings. The number of carbonyl (C=O) groups is 1. The number of ether oxygens (including phenoxy) is 4. The molecule has 0 heterocycles. The number of hydrogen-bond acceptors (Lipinski definition) is 6. The molecule has 0 amide bonds. The van der Waals surface area contributed by atoms with E-state index in [0.29, 0.717) is 19.6 Å². The Labute approximate surface area is 224 Å². The van der Waals surface area contributed by atoms with Crippen molar-refractivity contribution in [1.82, 2.24) is 0 Å². The second-order valence-electron chi connectivity index (χ2n) is 10.4. The summed E-state index contributed by atoms with van der Waals surface area (Å²) in [7, 11) is 0.449. The minimum Gasteiger partial charge on any atom is -0.467 e. The number of rotatable bonds is 17. The fourth-order valence-corrected chi connectivity index (χ4v) is 9.46. The van der Waals surface area contributed by atoms with Crippen LogP contribution in [0.15, 0.2) is 60.7 Å². The van der Waals surface area contributed by atoms with Gasteiger partial charge in [-0.15, -0.1) is 0 Å². The van der Waals surface area contributed by atoms with Crippen molar-refractivity contribution in [2.24, 2.45) is 0 Å². The van der Waals surface area contributed by atoms with Crippen molar-refractivity contribution in [2.75, 3.05) is 34.2 Å². The second kappa shape index (κ2) is 16.0. The third-order valence-corrected chi connectivity index (χ3v) is 11.8. The lowest BCUT2D eigenvalue weighted by atomic mass is 10.1. The van der Waals surface area contributed by atoms with Gasteiger partial charge in [0, 0.05) is 13.2 Å². The van der Waals surface area contributed by atoms with E-state index in [4.69, 9.17) is 23.4 Å². The van der Waals surface area contributed by atoms with Crippen molar-refractivity contribution in [3.63, 3.8) is 0 Å². The molecule has 0 unspecified atom stereocenters. The molecule has 0 fully saturated rings. The summed E-state index contributed by atoms with van der Waals surface area (Å²) in [6.45, 7) is 10.1. The van der Waals surface area contributed by atoms with Crippen LogP contribution >= 0.6 is 0 Å². The molecule has 0 radical (unpaired) electrons. The lowest BCUT2D eigenvalue weighted by Crippen LogP contribution is -2.67. The Morgan fingerprint density at radius 1 is 0.838 bits per heavy atom. The summed E-state index contributed by atoms with van der Waals surface area (Å²) < 4.78 is 27.9. The molecule has 6 nitrogen and oxygen atoms in total. The van der Waals surface area contributed by atoms with E-state index in [-0.39, 0.29) is 23.9 Å². The van der Waals surface area contributed by atoms with Crippen LogP contribution in [-0.2, 0) is 28.2 Å². The summed E-state index contributed by atoms with van der Waals surface area (Å²) in [6, 6.07) is 21.5. The van der Waals surface area contributed by atoms with Crippen molar-refractivity contribution in [1.29, 1.82) is 0 Å². The quantitative estimate of drug-likeness (QED) is 0.123. The number of carbonyl (C=O) groups excluding carboxylic acids is 1. The fraction of sp³-hybridized carbons (Fsp3) is 0.567. The zero-order valence-corrected chi connectivity index (χ0v) is 24.5. The lowest BCUT2D eigenvalue weighted by molar-refractivity contribution is -0.166. The number of benzene rings is 2. The van der Waals surface area contributed by atoms with E-state index < -0.39 is 14.4 Å². The number of hydrogen-bond donors (Lipinski definition) is 0. The maximum absolute atomic E-state index is 12.1. The van der Waals surface area contributed by atoms with Crippen LogP contribution in [0.3, 0.4) is 0 Å². The van der Waals surface area contributed by atoms with Gasteiger partial charge in [-0.2, -0.15) is 0 Å². The molecule has 0 aliphatic carbocycles. The van der Waals surface area contributed by atoms with Gasteiger partial charge >= 0.3 is 5.97 Å². The summed E-state index contributed by atoms with van der Waals surface area (Å²) >= 11 is 0. The van der Waals surface area contributed by atoms with Gasteiger partial charge in [-0.25, -0.2) is 4.79 Å². The SMILES string of the molecule is COCCOCO[C@@H](CCCCC[C@@H](C)O[Si](c1ccccc1)(c1ccccc1)C(C)(C)C)C(=O)OC. The van der Waals surface area contributed by atoms with Crippen molar-refractivity contribution in [2.45, 2.75) is 77.0 Å². The zero-order valence-electron chi connectivity index (χ0n) is 23.5. The van der Waals surface area contributed by atoms with E-state index in [0.717, 1.165) is 25.7 Å². The molecule has 0 N–H and O–H groups in total. The molecular formula is C30H46O6Si. The van der Waals surface area contributed by atoms with Gasteiger partial charge in [-0.3, -0.25) is 0 Å². The molecule has 2 rings (SSSR count). The third-order valence-electron chi connectivity index (χ3n) is 6.62. The van der Waals surface area contributed by atoms with E-state index in [1.807, 2.05) is 0 Å². The Bertz CT molecular complexity index is 844. The largest absolute Gasteiger partial charge is 0.467 e. The predicted octanol–water partition coefficient (Wildman–Crippen LogP) is 5.08. The third kappa shape index (κ3) is 9.34. The van der Waals surface area contributed by atoms with Crippen LogP contribution in [0, 0.1) is 0 Å². The monoisotopic (exact) mass is 530 g/mol. The molecule has 0 aromatic heterocycles. The Morgan fingerprint density at radius 3 is 1.92 bits per heavy atom. The average Bonchev–Trinajstić information content (AvgIpc) is 2.90. The van der Waals surface area contributed by atoms with Gasteiger partial charge in [0.1, 0.15) is 6.79 Å². The summed E-state index contributed by atoms with van der Waals surface area (Å²) in [5.41, 5.74) is 0. The van der Waals surface area contributed by atoms with Gasteiger partial charge < -0.3 is 23.4 Å². The second-order valence-corrected chi connectivity index (χ2v) is 14.7. The first-order valence-corrected chi connectivity index (χ1v) is 15.2. The number of unbranched alkanes of at least 4 members (excludes halogenated alkanes) is 2. The van der Waals surface area contributed by atoms with Gasteiger partial charge in [-0.1, -0.05) is 101 Å². The van der Waals surface area contributed by atoms with Crippen LogP contribution in [0.2, 0.25) is 5.04 Å². The first-order valence-electron chi connectivity index (χ1n) is 13.3. The van der Waals surface area contributed by atoms with Gasteiger partial charge in [-0.05, 0) is 35.2 Å². The lowest BCUT2D eigenvalue weighted by Gasteiger charge is -2.44. The highest BCUT2D eigenvalue weighted by Gasteiger charge is 2.50. The van der Waals surface area contributed by atoms with Crippen LogP contribution in [0.5, 0.6) is 0 Å². The van der Waals surface area contributed by atoms with Crippen LogP contribution in [0.4, 0.5) is 0 Å². The highest BCUT2D eigenvalue weighted by atomic mass is 28.4. The van der Waals surface area contributed by atoms with E-state index in [1.54, 1.807) is 7.11 Å². The average molecular weight is 531 g/mol. The number of esters is 1. The predicted molar refractivity (Wildman–Crippen MR) is 151 cm³/mol. The van der Waals surface area contributed by atoms with Crippen molar-refractivity contribution < 1.29 is 28.2 Å². The van der Waals surface area contributed by atoms with Crippen molar-refractivity contribution >= 4 is 24.7 Å². The van der Waals surface area contributed by atoms with Crippen LogP contribution in [0.1, 0.15) is 59.8 Å². The standard InChI is InChI=1S/C30H46O6Si/c1-25(16-10-7-15-21-28(29(31)33-6)35-24-34-23-22-32-5)36-37(30(2,3)4,26-17-11-8-12-18-26)27-19-13-9-14-20-27/h8-9,11-14,17-20,25,28H,7,10,15-16,21-24H2,1-6H3/t25-,28+/m1/s1. The minimum absolute atomic E-state index is 0.0413. The fourth-order valence-electron chi connectivity index (χ4n) is 4.72. The first-order chi connectivity index (χ1) is 17.8. The zero-order chi connectivity index (χ0) is 27.2. The topological polar surface area (TPSA) is 63.2 Å². The van der Waals surface area contributed by atoms with Crippen molar-refractivity contribution in [3.8, 4) is 0 Å². The molecule has 0 spiro atoms. The maximum Gasteiger partial charge on any atom is 0.335 e. The molecular weight excluding hydrogens is 484 g/mol. The normalized spacial score (nSPS) is 13.8. The molecule has 0 aliphatic heterocycles. The molecule has 2 atom stereocenters. The molecule has 7 heteroatoms. The molecule has 2 aromatic rings. The van der Waals surface area contributed by atoms with Gasteiger partial charge in [0.15, 0.2) is 6.10 Å². The summed E-state index contributed by atoms with van der Waals surface area (Å²) in [4.78, 5) is 12.1. The molecule has 0 saturated heterocycles. The van der Waals surface area contributed by atoms with Crippen molar-refractivity contribution in [3.05, 3.63) is 60.7 Å². The van der Waals surface area contributed by atoms with E-state index in [2.05, 4.69) is 88.4 Å². The Balaban J connectivity index is 1.98. The van der Waals surface area contributed by atoms with Crippen LogP contribution in [0.25, 0.3) is 0 Å². The summed E-state index contributed by atoms with van der Waals surface area (Å²) in [5.74, 6) is -0.362. The smallest absolute Gasteiger partial charge is 0.335 e. The van der Waals surface area contributed by atoms with Crippen LogP contribution < -0.4 is 10.4 Å². The Morgan fingerprint density at radius 2 is 1.41 bits per heavy atom. The van der Waals surface area contributed by atoms with Crippen LogP contribution in [-0.4, -0.2) is 60.7 Å². The molecule has 0 saturated carbocycles. The molecule has 2 aromatic carbocycles. The van der Waals surface area contributed by atoms with E-state index in [9.17, 15) is 4.79 Å². The maximum atomic E-state index is 12.1. The highest BCUT2D eigenvalue weighted by Crippen LogP contribution is 2.38. The van der Waals surface area contributed by atoms with Gasteiger partial charge in [0.05, 0.1) is 20.3 Å². The minimum atomic E-state index is -2.55.